The molecule has 3 rings (SSSR count). The molecular weight excluding hydrogens is 290 g/mol. The van der Waals surface area contributed by atoms with E-state index in [1.54, 1.807) is 14.2 Å². The average molecular weight is 313 g/mol. The standard InChI is InChI=1S/C19H23NO3/c1-15-18(17-12-8-5-9-13-17)20(23-19(15,21-2)22-3)14-16-10-6-4-7-11-16/h4-13,15,18H,14H2,1-3H3/t15-,18-/m0/s1. The Labute approximate surface area is 137 Å². The fourth-order valence-corrected chi connectivity index (χ4v) is 3.27. The Hall–Kier alpha value is -1.72. The summed E-state index contributed by atoms with van der Waals surface area (Å²) in [6.07, 6.45) is 0. The lowest BCUT2D eigenvalue weighted by atomic mass is 9.93. The summed E-state index contributed by atoms with van der Waals surface area (Å²) in [6.45, 7) is 2.76. The molecule has 122 valence electrons. The zero-order valence-corrected chi connectivity index (χ0v) is 13.8. The molecule has 1 aliphatic heterocycles. The van der Waals surface area contributed by atoms with Crippen LogP contribution in [0.2, 0.25) is 0 Å². The van der Waals surface area contributed by atoms with Crippen molar-refractivity contribution in [3.63, 3.8) is 0 Å². The highest BCUT2D eigenvalue weighted by Crippen LogP contribution is 2.46. The lowest BCUT2D eigenvalue weighted by molar-refractivity contribution is -0.412. The minimum atomic E-state index is -1.06. The molecule has 0 saturated carbocycles. The van der Waals surface area contributed by atoms with E-state index in [-0.39, 0.29) is 12.0 Å². The lowest BCUT2D eigenvalue weighted by Gasteiger charge is -2.28. The van der Waals surface area contributed by atoms with Crippen LogP contribution in [0.4, 0.5) is 0 Å². The van der Waals surface area contributed by atoms with E-state index >= 15 is 0 Å². The van der Waals surface area contributed by atoms with E-state index in [0.29, 0.717) is 6.54 Å². The summed E-state index contributed by atoms with van der Waals surface area (Å²) >= 11 is 0. The van der Waals surface area contributed by atoms with Crippen molar-refractivity contribution in [2.75, 3.05) is 14.2 Å². The Morgan fingerprint density at radius 1 is 0.957 bits per heavy atom. The van der Waals surface area contributed by atoms with E-state index in [4.69, 9.17) is 14.3 Å². The normalized spacial score (nSPS) is 24.0. The third-order valence-electron chi connectivity index (χ3n) is 4.48. The highest BCUT2D eigenvalue weighted by molar-refractivity contribution is 5.22. The molecule has 2 aromatic rings. The van der Waals surface area contributed by atoms with Gasteiger partial charge in [0.25, 0.3) is 0 Å². The van der Waals surface area contributed by atoms with Crippen molar-refractivity contribution in [1.29, 1.82) is 0 Å². The van der Waals surface area contributed by atoms with Crippen molar-refractivity contribution in [3.05, 3.63) is 71.8 Å². The Morgan fingerprint density at radius 2 is 1.52 bits per heavy atom. The van der Waals surface area contributed by atoms with E-state index in [9.17, 15) is 0 Å². The summed E-state index contributed by atoms with van der Waals surface area (Å²) in [5.74, 6) is -1.04. The van der Waals surface area contributed by atoms with Crippen LogP contribution < -0.4 is 0 Å². The third-order valence-corrected chi connectivity index (χ3v) is 4.48. The van der Waals surface area contributed by atoms with Gasteiger partial charge in [0.2, 0.25) is 0 Å². The first-order valence-corrected chi connectivity index (χ1v) is 7.85. The topological polar surface area (TPSA) is 30.9 Å². The lowest BCUT2D eigenvalue weighted by Crippen LogP contribution is -2.39. The predicted molar refractivity (Wildman–Crippen MR) is 88.2 cm³/mol. The molecule has 2 aromatic carbocycles. The molecule has 0 aliphatic carbocycles. The number of benzene rings is 2. The highest BCUT2D eigenvalue weighted by Gasteiger charge is 2.54. The maximum absolute atomic E-state index is 6.12. The molecule has 0 bridgehead atoms. The molecule has 23 heavy (non-hydrogen) atoms. The number of hydrogen-bond donors (Lipinski definition) is 0. The molecule has 4 nitrogen and oxygen atoms in total. The fraction of sp³-hybridized carbons (Fsp3) is 0.368. The minimum absolute atomic E-state index is 0.0172. The largest absolute Gasteiger partial charge is 0.329 e. The van der Waals surface area contributed by atoms with Crippen LogP contribution in [0, 0.1) is 5.92 Å². The van der Waals surface area contributed by atoms with E-state index in [0.717, 1.165) is 0 Å². The molecule has 0 spiro atoms. The van der Waals surface area contributed by atoms with Gasteiger partial charge in [-0.1, -0.05) is 67.6 Å². The number of hydroxylamine groups is 2. The van der Waals surface area contributed by atoms with Gasteiger partial charge in [0.15, 0.2) is 0 Å². The van der Waals surface area contributed by atoms with Crippen LogP contribution in [0.25, 0.3) is 0 Å². The van der Waals surface area contributed by atoms with Crippen LogP contribution in [-0.4, -0.2) is 25.3 Å². The maximum Gasteiger partial charge on any atom is 0.303 e. The van der Waals surface area contributed by atoms with Gasteiger partial charge in [0, 0.05) is 14.2 Å². The van der Waals surface area contributed by atoms with E-state index < -0.39 is 5.97 Å². The quantitative estimate of drug-likeness (QED) is 0.787. The van der Waals surface area contributed by atoms with Crippen LogP contribution >= 0.6 is 0 Å². The second kappa shape index (κ2) is 6.81. The van der Waals surface area contributed by atoms with Crippen molar-refractivity contribution >= 4 is 0 Å². The zero-order chi connectivity index (χ0) is 16.3. The van der Waals surface area contributed by atoms with Gasteiger partial charge in [-0.25, -0.2) is 4.84 Å². The first kappa shape index (κ1) is 16.1. The van der Waals surface area contributed by atoms with Gasteiger partial charge in [-0.05, 0) is 11.1 Å². The number of ether oxygens (including phenoxy) is 2. The van der Waals surface area contributed by atoms with Crippen molar-refractivity contribution in [2.45, 2.75) is 25.5 Å². The highest BCUT2D eigenvalue weighted by atomic mass is 16.9. The van der Waals surface area contributed by atoms with Gasteiger partial charge in [-0.15, -0.1) is 0 Å². The van der Waals surface area contributed by atoms with Crippen LogP contribution in [0.15, 0.2) is 60.7 Å². The number of nitrogens with zero attached hydrogens (tertiary/aromatic N) is 1. The zero-order valence-electron chi connectivity index (χ0n) is 13.8. The van der Waals surface area contributed by atoms with Crippen LogP contribution in [0.5, 0.6) is 0 Å². The Bertz CT molecular complexity index is 613. The predicted octanol–water partition coefficient (Wildman–Crippen LogP) is 3.76. The van der Waals surface area contributed by atoms with Gasteiger partial charge in [-0.2, -0.15) is 5.06 Å². The summed E-state index contributed by atoms with van der Waals surface area (Å²) in [5.41, 5.74) is 2.37. The monoisotopic (exact) mass is 313 g/mol. The fourth-order valence-electron chi connectivity index (χ4n) is 3.27. The van der Waals surface area contributed by atoms with Crippen molar-refractivity contribution < 1.29 is 14.3 Å². The van der Waals surface area contributed by atoms with Crippen molar-refractivity contribution in [2.24, 2.45) is 5.92 Å². The first-order chi connectivity index (χ1) is 11.2. The second-order valence-corrected chi connectivity index (χ2v) is 5.81. The Kier molecular flexibility index (Phi) is 4.78. The van der Waals surface area contributed by atoms with E-state index in [1.807, 2.05) is 41.5 Å². The van der Waals surface area contributed by atoms with Crippen LogP contribution in [0.3, 0.4) is 0 Å². The van der Waals surface area contributed by atoms with Crippen molar-refractivity contribution in [3.8, 4) is 0 Å². The third kappa shape index (κ3) is 3.03. The van der Waals surface area contributed by atoms with Gasteiger partial charge < -0.3 is 9.47 Å². The van der Waals surface area contributed by atoms with Gasteiger partial charge in [0.05, 0.1) is 18.5 Å². The molecule has 4 heteroatoms. The van der Waals surface area contributed by atoms with E-state index in [1.165, 1.54) is 11.1 Å². The molecule has 1 heterocycles. The van der Waals surface area contributed by atoms with Gasteiger partial charge >= 0.3 is 5.97 Å². The molecule has 1 fully saturated rings. The molecule has 1 saturated heterocycles. The minimum Gasteiger partial charge on any atom is -0.329 e. The summed E-state index contributed by atoms with van der Waals surface area (Å²) in [6, 6.07) is 20.7. The maximum atomic E-state index is 6.12. The van der Waals surface area contributed by atoms with Gasteiger partial charge in [0.1, 0.15) is 0 Å². The van der Waals surface area contributed by atoms with Crippen molar-refractivity contribution in [1.82, 2.24) is 5.06 Å². The Morgan fingerprint density at radius 3 is 2.09 bits per heavy atom. The summed E-state index contributed by atoms with van der Waals surface area (Å²) < 4.78 is 11.2. The second-order valence-electron chi connectivity index (χ2n) is 5.81. The number of hydrogen-bond acceptors (Lipinski definition) is 4. The molecule has 1 aliphatic rings. The molecule has 0 aromatic heterocycles. The van der Waals surface area contributed by atoms with Crippen LogP contribution in [-0.2, 0) is 20.9 Å². The molecular formula is C19H23NO3. The molecule has 0 unspecified atom stereocenters. The van der Waals surface area contributed by atoms with Crippen LogP contribution in [0.1, 0.15) is 24.1 Å². The number of methoxy groups -OCH3 is 2. The average Bonchev–Trinajstić information content (AvgIpc) is 2.88. The Balaban J connectivity index is 1.94. The number of rotatable bonds is 5. The SMILES string of the molecule is COC1(OC)ON(Cc2ccccc2)[C@H](c2ccccc2)[C@@H]1C. The molecule has 0 N–H and O–H groups in total. The summed E-state index contributed by atoms with van der Waals surface area (Å²) in [4.78, 5) is 6.12. The molecule has 0 radical (unpaired) electrons. The first-order valence-electron chi connectivity index (χ1n) is 7.85. The van der Waals surface area contributed by atoms with E-state index in [2.05, 4.69) is 31.2 Å². The smallest absolute Gasteiger partial charge is 0.303 e. The van der Waals surface area contributed by atoms with Gasteiger partial charge in [-0.3, -0.25) is 0 Å². The summed E-state index contributed by atoms with van der Waals surface area (Å²) in [7, 11) is 3.24. The molecule has 0 amide bonds. The molecule has 2 atom stereocenters. The summed E-state index contributed by atoms with van der Waals surface area (Å²) in [5, 5.41) is 1.96.